The van der Waals surface area contributed by atoms with Crippen LogP contribution in [0.5, 0.6) is 0 Å². The first kappa shape index (κ1) is 13.9. The summed E-state index contributed by atoms with van der Waals surface area (Å²) in [7, 11) is 0. The number of aromatic nitrogens is 2. The van der Waals surface area contributed by atoms with Crippen molar-refractivity contribution < 1.29 is 0 Å². The summed E-state index contributed by atoms with van der Waals surface area (Å²) in [6.07, 6.45) is 8.94. The van der Waals surface area contributed by atoms with Gasteiger partial charge < -0.3 is 0 Å². The largest absolute Gasteiger partial charge is 0.294 e. The second kappa shape index (κ2) is 6.17. The highest BCUT2D eigenvalue weighted by atomic mass is 32.2. The van der Waals surface area contributed by atoms with Gasteiger partial charge in [-0.25, -0.2) is 4.98 Å². The minimum absolute atomic E-state index is 0.733. The van der Waals surface area contributed by atoms with Gasteiger partial charge in [-0.05, 0) is 25.0 Å². The molecule has 4 rings (SSSR count). The zero-order chi connectivity index (χ0) is 14.8. The van der Waals surface area contributed by atoms with Crippen molar-refractivity contribution in [1.82, 2.24) is 9.38 Å². The van der Waals surface area contributed by atoms with E-state index in [1.807, 2.05) is 11.8 Å². The number of fused-ring (bicyclic) bond motifs is 1. The van der Waals surface area contributed by atoms with Crippen molar-refractivity contribution in [3.63, 3.8) is 0 Å². The first-order chi connectivity index (χ1) is 10.9. The lowest BCUT2D eigenvalue weighted by Gasteiger charge is -2.21. The Labute approximate surface area is 135 Å². The quantitative estimate of drug-likeness (QED) is 0.642. The normalized spacial score (nSPS) is 16.2. The molecular weight excluding hydrogens is 288 g/mol. The van der Waals surface area contributed by atoms with Gasteiger partial charge in [-0.1, -0.05) is 55.7 Å². The van der Waals surface area contributed by atoms with E-state index in [2.05, 4.69) is 59.1 Å². The lowest BCUT2D eigenvalue weighted by atomic mass is 10.0. The van der Waals surface area contributed by atoms with Crippen LogP contribution >= 0.6 is 11.8 Å². The molecule has 0 saturated heterocycles. The Hall–Kier alpha value is -1.74. The first-order valence-corrected chi connectivity index (χ1v) is 8.99. The Balaban J connectivity index is 1.79. The van der Waals surface area contributed by atoms with Crippen LogP contribution in [0.4, 0.5) is 0 Å². The third-order valence-corrected chi connectivity index (χ3v) is 5.78. The van der Waals surface area contributed by atoms with Gasteiger partial charge in [0.2, 0.25) is 0 Å². The minimum Gasteiger partial charge on any atom is -0.294 e. The predicted octanol–water partition coefficient (Wildman–Crippen LogP) is 5.43. The summed E-state index contributed by atoms with van der Waals surface area (Å²) in [6.45, 7) is 0. The van der Waals surface area contributed by atoms with Crippen LogP contribution in [0, 0.1) is 0 Å². The molecule has 2 heterocycles. The molecule has 0 unspecified atom stereocenters. The van der Waals surface area contributed by atoms with Crippen LogP contribution in [0.2, 0.25) is 0 Å². The zero-order valence-electron chi connectivity index (χ0n) is 12.6. The Bertz CT molecular complexity index is 757. The van der Waals surface area contributed by atoms with Gasteiger partial charge in [0.15, 0.2) is 0 Å². The number of imidazole rings is 1. The fourth-order valence-corrected chi connectivity index (χ4v) is 4.64. The second-order valence-corrected chi connectivity index (χ2v) is 7.23. The summed E-state index contributed by atoms with van der Waals surface area (Å²) in [5.41, 5.74) is 3.38. The number of hydrogen-bond acceptors (Lipinski definition) is 2. The first-order valence-electron chi connectivity index (χ1n) is 8.11. The fourth-order valence-electron chi connectivity index (χ4n) is 3.21. The molecule has 1 aromatic carbocycles. The van der Waals surface area contributed by atoms with E-state index in [0.717, 1.165) is 16.6 Å². The van der Waals surface area contributed by atoms with E-state index in [4.69, 9.17) is 4.98 Å². The van der Waals surface area contributed by atoms with Crippen molar-refractivity contribution in [3.05, 3.63) is 54.7 Å². The Morgan fingerprint density at radius 2 is 1.68 bits per heavy atom. The van der Waals surface area contributed by atoms with Crippen molar-refractivity contribution in [2.24, 2.45) is 0 Å². The standard InChI is InChI=1S/C19H20N2S/c1-3-9-15(10-4-1)18-19(22-16-11-5-2-6-12-16)21-14-8-7-13-17(21)20-18/h1,3-4,7-10,13-14,16H,2,5-6,11-12H2. The number of rotatable bonds is 3. The summed E-state index contributed by atoms with van der Waals surface area (Å²) >= 11 is 2.02. The maximum atomic E-state index is 4.89. The van der Waals surface area contributed by atoms with Crippen LogP contribution in [0.1, 0.15) is 32.1 Å². The van der Waals surface area contributed by atoms with Gasteiger partial charge in [0, 0.05) is 17.0 Å². The van der Waals surface area contributed by atoms with E-state index in [1.54, 1.807) is 0 Å². The van der Waals surface area contributed by atoms with Gasteiger partial charge in [-0.2, -0.15) is 0 Å². The van der Waals surface area contributed by atoms with Crippen molar-refractivity contribution in [2.75, 3.05) is 0 Å². The van der Waals surface area contributed by atoms with Gasteiger partial charge in [0.05, 0.1) is 0 Å². The van der Waals surface area contributed by atoms with Crippen LogP contribution in [-0.2, 0) is 0 Å². The van der Waals surface area contributed by atoms with Gasteiger partial charge >= 0.3 is 0 Å². The van der Waals surface area contributed by atoms with E-state index < -0.39 is 0 Å². The number of nitrogens with zero attached hydrogens (tertiary/aromatic N) is 2. The molecule has 0 radical (unpaired) electrons. The molecule has 1 fully saturated rings. The highest BCUT2D eigenvalue weighted by Crippen LogP contribution is 2.39. The predicted molar refractivity (Wildman–Crippen MR) is 93.4 cm³/mol. The molecule has 2 aromatic heterocycles. The van der Waals surface area contributed by atoms with Gasteiger partial charge in [0.1, 0.15) is 16.4 Å². The molecule has 3 aromatic rings. The van der Waals surface area contributed by atoms with Crippen LogP contribution in [0.25, 0.3) is 16.9 Å². The van der Waals surface area contributed by atoms with E-state index in [1.165, 1.54) is 42.7 Å². The summed E-state index contributed by atoms with van der Waals surface area (Å²) in [5, 5.41) is 2.03. The molecule has 0 aliphatic heterocycles. The minimum atomic E-state index is 0.733. The number of hydrogen-bond donors (Lipinski definition) is 0. The summed E-state index contributed by atoms with van der Waals surface area (Å²) in [4.78, 5) is 4.89. The molecule has 1 aliphatic carbocycles. The van der Waals surface area contributed by atoms with Crippen molar-refractivity contribution in [2.45, 2.75) is 42.4 Å². The summed E-state index contributed by atoms with van der Waals surface area (Å²) in [5.74, 6) is 0. The van der Waals surface area contributed by atoms with Crippen LogP contribution in [0.3, 0.4) is 0 Å². The maximum absolute atomic E-state index is 4.89. The highest BCUT2D eigenvalue weighted by molar-refractivity contribution is 8.00. The molecular formula is C19H20N2S. The third kappa shape index (κ3) is 2.66. The van der Waals surface area contributed by atoms with Crippen LogP contribution in [0.15, 0.2) is 59.8 Å². The van der Waals surface area contributed by atoms with Crippen molar-refractivity contribution in [1.29, 1.82) is 0 Å². The molecule has 0 bridgehead atoms. The molecule has 1 saturated carbocycles. The van der Waals surface area contributed by atoms with Crippen molar-refractivity contribution >= 4 is 17.4 Å². The van der Waals surface area contributed by atoms with Crippen LogP contribution < -0.4 is 0 Å². The number of benzene rings is 1. The Morgan fingerprint density at radius 1 is 0.909 bits per heavy atom. The lowest BCUT2D eigenvalue weighted by Crippen LogP contribution is -2.08. The van der Waals surface area contributed by atoms with E-state index in [9.17, 15) is 0 Å². The molecule has 0 N–H and O–H groups in total. The Kier molecular flexibility index (Phi) is 3.90. The van der Waals surface area contributed by atoms with Gasteiger partial charge in [-0.15, -0.1) is 11.8 Å². The topological polar surface area (TPSA) is 17.3 Å². The molecule has 2 nitrogen and oxygen atoms in total. The fraction of sp³-hybridized carbons (Fsp3) is 0.316. The summed E-state index contributed by atoms with van der Waals surface area (Å²) < 4.78 is 2.25. The molecule has 112 valence electrons. The van der Waals surface area contributed by atoms with Crippen molar-refractivity contribution in [3.8, 4) is 11.3 Å². The van der Waals surface area contributed by atoms with E-state index in [-0.39, 0.29) is 0 Å². The number of pyridine rings is 1. The Morgan fingerprint density at radius 3 is 2.50 bits per heavy atom. The molecule has 0 atom stereocenters. The lowest BCUT2D eigenvalue weighted by molar-refractivity contribution is 0.515. The second-order valence-electron chi connectivity index (χ2n) is 5.94. The smallest absolute Gasteiger partial charge is 0.138 e. The van der Waals surface area contributed by atoms with Gasteiger partial charge in [0.25, 0.3) is 0 Å². The van der Waals surface area contributed by atoms with Crippen LogP contribution in [-0.4, -0.2) is 14.6 Å². The van der Waals surface area contributed by atoms with E-state index >= 15 is 0 Å². The molecule has 1 aliphatic rings. The van der Waals surface area contributed by atoms with E-state index in [0.29, 0.717) is 0 Å². The highest BCUT2D eigenvalue weighted by Gasteiger charge is 2.20. The number of thioether (sulfide) groups is 1. The molecule has 0 amide bonds. The SMILES string of the molecule is c1ccc(-c2nc3ccccn3c2SC2CCCCC2)cc1. The average Bonchev–Trinajstić information content (AvgIpc) is 2.95. The monoisotopic (exact) mass is 308 g/mol. The maximum Gasteiger partial charge on any atom is 0.138 e. The third-order valence-electron chi connectivity index (χ3n) is 4.36. The molecule has 22 heavy (non-hydrogen) atoms. The molecule has 0 spiro atoms. The molecule has 3 heteroatoms. The summed E-state index contributed by atoms with van der Waals surface area (Å²) in [6, 6.07) is 16.8. The van der Waals surface area contributed by atoms with Gasteiger partial charge in [-0.3, -0.25) is 4.40 Å². The average molecular weight is 308 g/mol. The zero-order valence-corrected chi connectivity index (χ0v) is 13.4.